The molecule has 2 rings (SSSR count). The van der Waals surface area contributed by atoms with Crippen LogP contribution in [0.15, 0.2) is 29.3 Å². The molecule has 1 unspecified atom stereocenters. The first kappa shape index (κ1) is 21.4. The quantitative estimate of drug-likeness (QED) is 0.474. The van der Waals surface area contributed by atoms with Crippen LogP contribution < -0.4 is 15.4 Å². The van der Waals surface area contributed by atoms with Gasteiger partial charge in [0, 0.05) is 13.1 Å². The number of rotatable bonds is 8. The van der Waals surface area contributed by atoms with Gasteiger partial charge in [-0.15, -0.1) is 0 Å². The van der Waals surface area contributed by atoms with E-state index in [0.717, 1.165) is 26.2 Å². The van der Waals surface area contributed by atoms with E-state index in [1.165, 1.54) is 25.0 Å². The largest absolute Gasteiger partial charge is 0.435 e. The third-order valence-electron chi connectivity index (χ3n) is 4.65. The summed E-state index contributed by atoms with van der Waals surface area (Å²) in [4.78, 5) is 6.78. The average Bonchev–Trinajstić information content (AvgIpc) is 2.65. The highest BCUT2D eigenvalue weighted by Crippen LogP contribution is 2.19. The molecular formula is C19H30F2N4O2. The van der Waals surface area contributed by atoms with Gasteiger partial charge in [0.15, 0.2) is 5.96 Å². The second kappa shape index (κ2) is 11.0. The summed E-state index contributed by atoms with van der Waals surface area (Å²) in [6.07, 6.45) is 1.52. The minimum absolute atomic E-state index is 0.0672. The van der Waals surface area contributed by atoms with Gasteiger partial charge in [0.25, 0.3) is 0 Å². The molecule has 6 nitrogen and oxygen atoms in total. The standard InChI is InChI=1S/C19H30F2N4O2/c1-3-22-19(23-12-14-8-10-25(2)11-9-14)24-13-17(26)15-4-6-16(7-5-15)27-18(20)21/h4-7,14,17-18,26H,3,8-13H2,1-2H3,(H2,22,23,24). The van der Waals surface area contributed by atoms with Gasteiger partial charge in [-0.05, 0) is 63.5 Å². The summed E-state index contributed by atoms with van der Waals surface area (Å²) < 4.78 is 28.7. The van der Waals surface area contributed by atoms with Crippen LogP contribution in [0.25, 0.3) is 0 Å². The fraction of sp³-hybridized carbons (Fsp3) is 0.632. The van der Waals surface area contributed by atoms with E-state index in [0.29, 0.717) is 17.4 Å². The van der Waals surface area contributed by atoms with Crippen LogP contribution in [0.3, 0.4) is 0 Å². The van der Waals surface area contributed by atoms with E-state index >= 15 is 0 Å². The zero-order valence-corrected chi connectivity index (χ0v) is 16.0. The van der Waals surface area contributed by atoms with Crippen LogP contribution >= 0.6 is 0 Å². The third kappa shape index (κ3) is 7.68. The molecule has 0 bridgehead atoms. The second-order valence-corrected chi connectivity index (χ2v) is 6.81. The Hall–Kier alpha value is -1.93. The van der Waals surface area contributed by atoms with E-state index in [1.54, 1.807) is 12.1 Å². The van der Waals surface area contributed by atoms with Crippen LogP contribution in [-0.4, -0.2) is 62.3 Å². The molecule has 0 saturated carbocycles. The lowest BCUT2D eigenvalue weighted by molar-refractivity contribution is -0.0498. The van der Waals surface area contributed by atoms with E-state index in [-0.39, 0.29) is 12.3 Å². The molecule has 0 amide bonds. The van der Waals surface area contributed by atoms with Gasteiger partial charge in [0.1, 0.15) is 5.75 Å². The fourth-order valence-electron chi connectivity index (χ4n) is 3.00. The number of aliphatic hydroxyl groups excluding tert-OH is 1. The normalized spacial score (nSPS) is 17.8. The van der Waals surface area contributed by atoms with Crippen LogP contribution in [0.4, 0.5) is 8.78 Å². The number of likely N-dealkylation sites (tertiary alicyclic amines) is 1. The van der Waals surface area contributed by atoms with Crippen molar-refractivity contribution in [3.8, 4) is 5.75 Å². The maximum atomic E-state index is 12.2. The molecule has 1 aliphatic rings. The van der Waals surface area contributed by atoms with Gasteiger partial charge in [-0.25, -0.2) is 0 Å². The highest BCUT2D eigenvalue weighted by atomic mass is 19.3. The third-order valence-corrected chi connectivity index (χ3v) is 4.65. The SMILES string of the molecule is CCNC(=NCC(O)c1ccc(OC(F)F)cc1)NCC1CCN(C)CC1. The summed E-state index contributed by atoms with van der Waals surface area (Å²) in [7, 11) is 2.14. The molecule has 0 aliphatic carbocycles. The van der Waals surface area contributed by atoms with Crippen molar-refractivity contribution in [2.24, 2.45) is 10.9 Å². The van der Waals surface area contributed by atoms with Crippen molar-refractivity contribution >= 4 is 5.96 Å². The number of halogens is 2. The van der Waals surface area contributed by atoms with E-state index < -0.39 is 12.7 Å². The molecule has 27 heavy (non-hydrogen) atoms. The number of alkyl halides is 2. The molecule has 1 aromatic rings. The smallest absolute Gasteiger partial charge is 0.387 e. The molecule has 8 heteroatoms. The molecule has 1 atom stereocenters. The molecule has 1 aromatic carbocycles. The van der Waals surface area contributed by atoms with Gasteiger partial charge >= 0.3 is 6.61 Å². The predicted octanol–water partition coefficient (Wildman–Crippen LogP) is 2.22. The molecule has 1 aliphatic heterocycles. The number of aliphatic imine (C=N–C) groups is 1. The first-order valence-corrected chi connectivity index (χ1v) is 9.41. The predicted molar refractivity (Wildman–Crippen MR) is 102 cm³/mol. The number of hydrogen-bond acceptors (Lipinski definition) is 4. The molecule has 152 valence electrons. The number of aliphatic hydroxyl groups is 1. The molecule has 0 aromatic heterocycles. The van der Waals surface area contributed by atoms with Gasteiger partial charge in [-0.1, -0.05) is 12.1 Å². The van der Waals surface area contributed by atoms with Crippen LogP contribution in [-0.2, 0) is 0 Å². The first-order chi connectivity index (χ1) is 13.0. The number of ether oxygens (including phenoxy) is 1. The van der Waals surface area contributed by atoms with Crippen LogP contribution in [0.1, 0.15) is 31.4 Å². The zero-order chi connectivity index (χ0) is 19.6. The van der Waals surface area contributed by atoms with E-state index in [1.807, 2.05) is 6.92 Å². The maximum Gasteiger partial charge on any atom is 0.387 e. The summed E-state index contributed by atoms with van der Waals surface area (Å²) in [6, 6.07) is 5.96. The van der Waals surface area contributed by atoms with Crippen molar-refractivity contribution in [2.75, 3.05) is 39.8 Å². The number of guanidine groups is 1. The number of nitrogens with one attached hydrogen (secondary N) is 2. The summed E-state index contributed by atoms with van der Waals surface area (Å²) in [5.74, 6) is 1.36. The second-order valence-electron chi connectivity index (χ2n) is 6.81. The molecule has 1 heterocycles. The highest BCUT2D eigenvalue weighted by molar-refractivity contribution is 5.79. The van der Waals surface area contributed by atoms with Crippen molar-refractivity contribution in [3.05, 3.63) is 29.8 Å². The van der Waals surface area contributed by atoms with Gasteiger partial charge in [0.2, 0.25) is 0 Å². The molecule has 0 spiro atoms. The maximum absolute atomic E-state index is 12.2. The molecule has 3 N–H and O–H groups in total. The van der Waals surface area contributed by atoms with Crippen molar-refractivity contribution in [3.63, 3.8) is 0 Å². The number of hydrogen-bond donors (Lipinski definition) is 3. The Morgan fingerprint density at radius 3 is 2.52 bits per heavy atom. The Morgan fingerprint density at radius 1 is 1.26 bits per heavy atom. The van der Waals surface area contributed by atoms with Crippen molar-refractivity contribution in [2.45, 2.75) is 32.5 Å². The van der Waals surface area contributed by atoms with Crippen molar-refractivity contribution in [1.82, 2.24) is 15.5 Å². The van der Waals surface area contributed by atoms with Crippen molar-refractivity contribution < 1.29 is 18.6 Å². The Bertz CT molecular complexity index is 576. The number of nitrogens with zero attached hydrogens (tertiary/aromatic N) is 2. The lowest BCUT2D eigenvalue weighted by Gasteiger charge is -2.29. The monoisotopic (exact) mass is 384 g/mol. The Morgan fingerprint density at radius 2 is 1.93 bits per heavy atom. The van der Waals surface area contributed by atoms with Crippen molar-refractivity contribution in [1.29, 1.82) is 0 Å². The molecule has 1 fully saturated rings. The Labute approximate surface area is 159 Å². The molecular weight excluding hydrogens is 354 g/mol. The van der Waals surface area contributed by atoms with Crippen LogP contribution in [0, 0.1) is 5.92 Å². The zero-order valence-electron chi connectivity index (χ0n) is 16.0. The van der Waals surface area contributed by atoms with Gasteiger partial charge in [0.05, 0.1) is 12.6 Å². The van der Waals surface area contributed by atoms with E-state index in [4.69, 9.17) is 0 Å². The van der Waals surface area contributed by atoms with E-state index in [2.05, 4.69) is 32.3 Å². The van der Waals surface area contributed by atoms with Crippen LogP contribution in [0.5, 0.6) is 5.75 Å². The first-order valence-electron chi connectivity index (χ1n) is 9.41. The number of benzene rings is 1. The van der Waals surface area contributed by atoms with Crippen LogP contribution in [0.2, 0.25) is 0 Å². The minimum Gasteiger partial charge on any atom is -0.435 e. The average molecular weight is 384 g/mol. The summed E-state index contributed by atoms with van der Waals surface area (Å²) >= 11 is 0. The summed E-state index contributed by atoms with van der Waals surface area (Å²) in [5.41, 5.74) is 0.603. The minimum atomic E-state index is -2.86. The number of piperidine rings is 1. The Balaban J connectivity index is 1.85. The highest BCUT2D eigenvalue weighted by Gasteiger charge is 2.17. The lowest BCUT2D eigenvalue weighted by Crippen LogP contribution is -2.42. The van der Waals surface area contributed by atoms with Gasteiger partial charge < -0.3 is 25.4 Å². The van der Waals surface area contributed by atoms with Gasteiger partial charge in [-0.3, -0.25) is 4.99 Å². The molecule has 0 radical (unpaired) electrons. The summed E-state index contributed by atoms with van der Waals surface area (Å²) in [6.45, 7) is 3.13. The molecule has 1 saturated heterocycles. The lowest BCUT2D eigenvalue weighted by atomic mass is 9.97. The summed E-state index contributed by atoms with van der Waals surface area (Å²) in [5, 5.41) is 16.8. The fourth-order valence-corrected chi connectivity index (χ4v) is 3.00. The van der Waals surface area contributed by atoms with E-state index in [9.17, 15) is 13.9 Å². The van der Waals surface area contributed by atoms with Gasteiger partial charge in [-0.2, -0.15) is 8.78 Å². The topological polar surface area (TPSA) is 69.1 Å². The Kier molecular flexibility index (Phi) is 8.74.